The summed E-state index contributed by atoms with van der Waals surface area (Å²) in [6.07, 6.45) is 0.718. The third-order valence-electron chi connectivity index (χ3n) is 4.07. The first-order valence-corrected chi connectivity index (χ1v) is 8.20. The molecule has 130 valence electrons. The SMILES string of the molecule is CC(=O)Nc1cc(NC(=O)N[C@@H]2CCOc3ccccc32)ccc1C. The maximum Gasteiger partial charge on any atom is 0.319 e. The lowest BCUT2D eigenvalue weighted by atomic mass is 10.0. The van der Waals surface area contributed by atoms with Crippen LogP contribution in [0.4, 0.5) is 16.2 Å². The van der Waals surface area contributed by atoms with Crippen molar-refractivity contribution < 1.29 is 14.3 Å². The molecule has 6 nitrogen and oxygen atoms in total. The first-order valence-electron chi connectivity index (χ1n) is 8.20. The van der Waals surface area contributed by atoms with Gasteiger partial charge in [-0.05, 0) is 30.7 Å². The second-order valence-electron chi connectivity index (χ2n) is 6.04. The zero-order valence-electron chi connectivity index (χ0n) is 14.3. The Labute approximate surface area is 146 Å². The quantitative estimate of drug-likeness (QED) is 0.799. The van der Waals surface area contributed by atoms with Gasteiger partial charge in [-0.25, -0.2) is 4.79 Å². The van der Waals surface area contributed by atoms with E-state index in [1.54, 1.807) is 12.1 Å². The van der Waals surface area contributed by atoms with Crippen LogP contribution >= 0.6 is 0 Å². The number of hydrogen-bond donors (Lipinski definition) is 3. The first-order chi connectivity index (χ1) is 12.0. The van der Waals surface area contributed by atoms with E-state index in [0.717, 1.165) is 23.3 Å². The number of benzene rings is 2. The van der Waals surface area contributed by atoms with E-state index in [9.17, 15) is 9.59 Å². The number of rotatable bonds is 3. The van der Waals surface area contributed by atoms with E-state index in [2.05, 4.69) is 16.0 Å². The molecular formula is C19H21N3O3. The Morgan fingerprint density at radius 1 is 1.12 bits per heavy atom. The number of anilines is 2. The lowest BCUT2D eigenvalue weighted by molar-refractivity contribution is -0.114. The highest BCUT2D eigenvalue weighted by atomic mass is 16.5. The van der Waals surface area contributed by atoms with Crippen molar-refractivity contribution in [3.8, 4) is 5.75 Å². The number of fused-ring (bicyclic) bond motifs is 1. The molecule has 2 aromatic carbocycles. The second-order valence-corrected chi connectivity index (χ2v) is 6.04. The molecule has 0 bridgehead atoms. The van der Waals surface area contributed by atoms with Crippen LogP contribution in [0.2, 0.25) is 0 Å². The van der Waals surface area contributed by atoms with E-state index in [-0.39, 0.29) is 18.0 Å². The molecule has 0 aromatic heterocycles. The number of hydrogen-bond acceptors (Lipinski definition) is 3. The molecule has 0 aliphatic carbocycles. The van der Waals surface area contributed by atoms with Crippen LogP contribution in [-0.4, -0.2) is 18.5 Å². The summed E-state index contributed by atoms with van der Waals surface area (Å²) in [6.45, 7) is 3.92. The minimum absolute atomic E-state index is 0.0924. The number of amides is 3. The normalized spacial score (nSPS) is 15.5. The van der Waals surface area contributed by atoms with Crippen LogP contribution in [0.1, 0.15) is 30.5 Å². The molecule has 0 saturated heterocycles. The van der Waals surface area contributed by atoms with E-state index in [1.807, 2.05) is 37.3 Å². The molecule has 0 unspecified atom stereocenters. The summed E-state index contributed by atoms with van der Waals surface area (Å²) in [5.41, 5.74) is 3.21. The molecule has 3 N–H and O–H groups in total. The van der Waals surface area contributed by atoms with Gasteiger partial charge in [0.05, 0.1) is 12.6 Å². The van der Waals surface area contributed by atoms with Crippen molar-refractivity contribution in [2.24, 2.45) is 0 Å². The third-order valence-corrected chi connectivity index (χ3v) is 4.07. The molecule has 0 saturated carbocycles. The van der Waals surface area contributed by atoms with Crippen LogP contribution in [0.5, 0.6) is 5.75 Å². The number of nitrogens with one attached hydrogen (secondary N) is 3. The Hall–Kier alpha value is -3.02. The second kappa shape index (κ2) is 7.25. The number of carbonyl (C=O) groups is 2. The summed E-state index contributed by atoms with van der Waals surface area (Å²) >= 11 is 0. The molecule has 1 heterocycles. The fourth-order valence-corrected chi connectivity index (χ4v) is 2.84. The summed E-state index contributed by atoms with van der Waals surface area (Å²) < 4.78 is 5.61. The topological polar surface area (TPSA) is 79.5 Å². The maximum absolute atomic E-state index is 12.4. The lowest BCUT2D eigenvalue weighted by Crippen LogP contribution is -2.35. The molecule has 1 atom stereocenters. The molecule has 25 heavy (non-hydrogen) atoms. The van der Waals surface area contributed by atoms with Gasteiger partial charge in [-0.3, -0.25) is 4.79 Å². The Kier molecular flexibility index (Phi) is 4.88. The molecule has 0 fully saturated rings. The molecule has 0 spiro atoms. The van der Waals surface area contributed by atoms with E-state index in [0.29, 0.717) is 18.0 Å². The number of ether oxygens (including phenoxy) is 1. The van der Waals surface area contributed by atoms with Gasteiger partial charge in [-0.1, -0.05) is 24.3 Å². The maximum atomic E-state index is 12.4. The van der Waals surface area contributed by atoms with Gasteiger partial charge in [0.1, 0.15) is 5.75 Å². The highest BCUT2D eigenvalue weighted by Gasteiger charge is 2.22. The lowest BCUT2D eigenvalue weighted by Gasteiger charge is -2.26. The zero-order chi connectivity index (χ0) is 17.8. The molecule has 2 aromatic rings. The monoisotopic (exact) mass is 339 g/mol. The summed E-state index contributed by atoms with van der Waals surface area (Å²) in [5.74, 6) is 0.658. The van der Waals surface area contributed by atoms with Crippen molar-refractivity contribution in [1.29, 1.82) is 0 Å². The van der Waals surface area contributed by atoms with Crippen LogP contribution in [0.15, 0.2) is 42.5 Å². The van der Waals surface area contributed by atoms with Crippen LogP contribution in [0.25, 0.3) is 0 Å². The summed E-state index contributed by atoms with van der Waals surface area (Å²) in [4.78, 5) is 23.6. The summed E-state index contributed by atoms with van der Waals surface area (Å²) in [6, 6.07) is 12.7. The van der Waals surface area contributed by atoms with Crippen molar-refractivity contribution in [2.75, 3.05) is 17.2 Å². The van der Waals surface area contributed by atoms with E-state index in [4.69, 9.17) is 4.74 Å². The summed E-state index contributed by atoms with van der Waals surface area (Å²) in [5, 5.41) is 8.55. The smallest absolute Gasteiger partial charge is 0.319 e. The van der Waals surface area contributed by atoms with Gasteiger partial charge in [-0.15, -0.1) is 0 Å². The van der Waals surface area contributed by atoms with E-state index < -0.39 is 0 Å². The fraction of sp³-hybridized carbons (Fsp3) is 0.263. The Bertz CT molecular complexity index is 804. The van der Waals surface area contributed by atoms with Gasteiger partial charge in [0.2, 0.25) is 5.91 Å². The van der Waals surface area contributed by atoms with E-state index >= 15 is 0 Å². The number of urea groups is 1. The molecule has 0 radical (unpaired) electrons. The zero-order valence-corrected chi connectivity index (χ0v) is 14.3. The molecule has 3 rings (SSSR count). The number of carbonyl (C=O) groups excluding carboxylic acids is 2. The van der Waals surface area contributed by atoms with Crippen molar-refractivity contribution in [3.05, 3.63) is 53.6 Å². The van der Waals surface area contributed by atoms with Gasteiger partial charge in [0.15, 0.2) is 0 Å². The fourth-order valence-electron chi connectivity index (χ4n) is 2.84. The molecule has 3 amide bonds. The van der Waals surface area contributed by atoms with Crippen LogP contribution < -0.4 is 20.7 Å². The largest absolute Gasteiger partial charge is 0.493 e. The Morgan fingerprint density at radius 3 is 2.72 bits per heavy atom. The highest BCUT2D eigenvalue weighted by molar-refractivity contribution is 5.93. The minimum Gasteiger partial charge on any atom is -0.493 e. The predicted molar refractivity (Wildman–Crippen MR) is 96.9 cm³/mol. The van der Waals surface area contributed by atoms with Gasteiger partial charge < -0.3 is 20.7 Å². The van der Waals surface area contributed by atoms with Gasteiger partial charge in [-0.2, -0.15) is 0 Å². The van der Waals surface area contributed by atoms with Crippen molar-refractivity contribution >= 4 is 23.3 Å². The van der Waals surface area contributed by atoms with Crippen LogP contribution in [0, 0.1) is 6.92 Å². The molecular weight excluding hydrogens is 318 g/mol. The van der Waals surface area contributed by atoms with Crippen LogP contribution in [-0.2, 0) is 4.79 Å². The average Bonchev–Trinajstić information content (AvgIpc) is 2.58. The standard InChI is InChI=1S/C19H21N3O3/c1-12-7-8-14(11-17(12)20-13(2)23)21-19(24)22-16-9-10-25-18-6-4-3-5-15(16)18/h3-8,11,16H,9-10H2,1-2H3,(H,20,23)(H2,21,22,24)/t16-/m1/s1. The first kappa shape index (κ1) is 16.8. The van der Waals surface area contributed by atoms with Crippen molar-refractivity contribution in [1.82, 2.24) is 5.32 Å². The third kappa shape index (κ3) is 4.09. The Morgan fingerprint density at radius 2 is 1.92 bits per heavy atom. The molecule has 6 heteroatoms. The number of para-hydroxylation sites is 1. The van der Waals surface area contributed by atoms with Crippen LogP contribution in [0.3, 0.4) is 0 Å². The van der Waals surface area contributed by atoms with Gasteiger partial charge in [0, 0.05) is 30.3 Å². The molecule has 1 aliphatic heterocycles. The minimum atomic E-state index is -0.292. The Balaban J connectivity index is 1.68. The van der Waals surface area contributed by atoms with Gasteiger partial charge in [0.25, 0.3) is 0 Å². The van der Waals surface area contributed by atoms with Crippen molar-refractivity contribution in [3.63, 3.8) is 0 Å². The summed E-state index contributed by atoms with van der Waals surface area (Å²) in [7, 11) is 0. The van der Waals surface area contributed by atoms with Gasteiger partial charge >= 0.3 is 6.03 Å². The number of aryl methyl sites for hydroxylation is 1. The predicted octanol–water partition coefficient (Wildman–Crippen LogP) is 3.60. The highest BCUT2D eigenvalue weighted by Crippen LogP contribution is 2.31. The molecule has 1 aliphatic rings. The van der Waals surface area contributed by atoms with Crippen molar-refractivity contribution in [2.45, 2.75) is 26.3 Å². The van der Waals surface area contributed by atoms with E-state index in [1.165, 1.54) is 6.92 Å². The average molecular weight is 339 g/mol.